The standard InChI is InChI=1S/C12H14BrNO/c1-2-9-14-12(15)8-5-10-3-6-11(13)7-4-10/h3-8H,2,9H2,1H3,(H,14,15). The third-order valence-electron chi connectivity index (χ3n) is 1.85. The van der Waals surface area contributed by atoms with Gasteiger partial charge < -0.3 is 5.32 Å². The number of carbonyl (C=O) groups is 1. The predicted octanol–water partition coefficient (Wildman–Crippen LogP) is 2.99. The first-order chi connectivity index (χ1) is 7.22. The lowest BCUT2D eigenvalue weighted by atomic mass is 10.2. The molecule has 0 atom stereocenters. The smallest absolute Gasteiger partial charge is 0.243 e. The number of hydrogen-bond donors (Lipinski definition) is 1. The lowest BCUT2D eigenvalue weighted by molar-refractivity contribution is -0.116. The van der Waals surface area contributed by atoms with Crippen LogP contribution in [0, 0.1) is 0 Å². The Morgan fingerprint density at radius 3 is 2.67 bits per heavy atom. The zero-order chi connectivity index (χ0) is 11.1. The summed E-state index contributed by atoms with van der Waals surface area (Å²) in [6, 6.07) is 7.80. The van der Waals surface area contributed by atoms with E-state index in [2.05, 4.69) is 21.2 Å². The maximum absolute atomic E-state index is 11.2. The molecule has 0 heterocycles. The lowest BCUT2D eigenvalue weighted by Crippen LogP contribution is -2.21. The van der Waals surface area contributed by atoms with Crippen LogP contribution < -0.4 is 5.32 Å². The Hall–Kier alpha value is -1.09. The van der Waals surface area contributed by atoms with Gasteiger partial charge in [-0.15, -0.1) is 0 Å². The van der Waals surface area contributed by atoms with Crippen molar-refractivity contribution in [2.45, 2.75) is 13.3 Å². The molecule has 0 aliphatic rings. The van der Waals surface area contributed by atoms with Crippen molar-refractivity contribution in [2.24, 2.45) is 0 Å². The van der Waals surface area contributed by atoms with Crippen molar-refractivity contribution in [2.75, 3.05) is 6.54 Å². The molecule has 0 fully saturated rings. The highest BCUT2D eigenvalue weighted by Crippen LogP contribution is 2.11. The van der Waals surface area contributed by atoms with Crippen molar-refractivity contribution in [3.05, 3.63) is 40.4 Å². The van der Waals surface area contributed by atoms with Gasteiger partial charge in [0.05, 0.1) is 0 Å². The molecule has 0 unspecified atom stereocenters. The van der Waals surface area contributed by atoms with Gasteiger partial charge >= 0.3 is 0 Å². The third kappa shape index (κ3) is 4.79. The van der Waals surface area contributed by atoms with Crippen LogP contribution in [-0.4, -0.2) is 12.5 Å². The van der Waals surface area contributed by atoms with Gasteiger partial charge in [-0.3, -0.25) is 4.79 Å². The van der Waals surface area contributed by atoms with E-state index in [9.17, 15) is 4.79 Å². The monoisotopic (exact) mass is 267 g/mol. The average molecular weight is 268 g/mol. The van der Waals surface area contributed by atoms with Crippen molar-refractivity contribution in [1.82, 2.24) is 5.32 Å². The third-order valence-corrected chi connectivity index (χ3v) is 2.38. The molecular weight excluding hydrogens is 254 g/mol. The zero-order valence-corrected chi connectivity index (χ0v) is 10.3. The van der Waals surface area contributed by atoms with Gasteiger partial charge in [-0.1, -0.05) is 35.0 Å². The molecule has 0 aromatic heterocycles. The predicted molar refractivity (Wildman–Crippen MR) is 66.5 cm³/mol. The molecule has 2 nitrogen and oxygen atoms in total. The van der Waals surface area contributed by atoms with E-state index in [0.717, 1.165) is 23.0 Å². The molecule has 1 aromatic rings. The molecule has 1 rings (SSSR count). The van der Waals surface area contributed by atoms with Gasteiger partial charge in [0.15, 0.2) is 0 Å². The molecule has 0 aliphatic carbocycles. The van der Waals surface area contributed by atoms with Crippen molar-refractivity contribution < 1.29 is 4.79 Å². The zero-order valence-electron chi connectivity index (χ0n) is 8.66. The van der Waals surface area contributed by atoms with E-state index in [0.29, 0.717) is 0 Å². The Morgan fingerprint density at radius 1 is 1.40 bits per heavy atom. The molecule has 80 valence electrons. The van der Waals surface area contributed by atoms with Gasteiger partial charge in [0.25, 0.3) is 0 Å². The van der Waals surface area contributed by atoms with Gasteiger partial charge in [-0.2, -0.15) is 0 Å². The average Bonchev–Trinajstić information content (AvgIpc) is 2.25. The molecule has 0 saturated carbocycles. The summed E-state index contributed by atoms with van der Waals surface area (Å²) >= 11 is 3.36. The quantitative estimate of drug-likeness (QED) is 0.836. The van der Waals surface area contributed by atoms with E-state index in [1.165, 1.54) is 0 Å². The van der Waals surface area contributed by atoms with Crippen LogP contribution in [0.3, 0.4) is 0 Å². The largest absolute Gasteiger partial charge is 0.353 e. The van der Waals surface area contributed by atoms with Crippen LogP contribution in [0.25, 0.3) is 6.08 Å². The second kappa shape index (κ2) is 6.40. The number of carbonyl (C=O) groups excluding carboxylic acids is 1. The van der Waals surface area contributed by atoms with Crippen LogP contribution in [0.1, 0.15) is 18.9 Å². The summed E-state index contributed by atoms with van der Waals surface area (Å²) in [5.74, 6) is -0.0419. The van der Waals surface area contributed by atoms with Gasteiger partial charge in [-0.25, -0.2) is 0 Å². The highest BCUT2D eigenvalue weighted by atomic mass is 79.9. The molecule has 0 aliphatic heterocycles. The van der Waals surface area contributed by atoms with E-state index in [1.807, 2.05) is 31.2 Å². The molecule has 1 aromatic carbocycles. The summed E-state index contributed by atoms with van der Waals surface area (Å²) in [6.45, 7) is 2.75. The number of amides is 1. The number of benzene rings is 1. The van der Waals surface area contributed by atoms with Crippen molar-refractivity contribution in [1.29, 1.82) is 0 Å². The Bertz CT molecular complexity index is 343. The lowest BCUT2D eigenvalue weighted by Gasteiger charge is -1.97. The van der Waals surface area contributed by atoms with E-state index < -0.39 is 0 Å². The fourth-order valence-corrected chi connectivity index (χ4v) is 1.32. The Labute approximate surface area is 98.5 Å². The maximum atomic E-state index is 11.2. The van der Waals surface area contributed by atoms with Crippen LogP contribution in [-0.2, 0) is 4.79 Å². The molecule has 1 N–H and O–H groups in total. The minimum absolute atomic E-state index is 0.0419. The van der Waals surface area contributed by atoms with E-state index in [1.54, 1.807) is 12.2 Å². The molecule has 1 amide bonds. The molecule has 0 bridgehead atoms. The first-order valence-corrected chi connectivity index (χ1v) is 5.73. The van der Waals surface area contributed by atoms with Crippen LogP contribution in [0.5, 0.6) is 0 Å². The van der Waals surface area contributed by atoms with Crippen molar-refractivity contribution in [3.8, 4) is 0 Å². The minimum Gasteiger partial charge on any atom is -0.353 e. The molecule has 0 saturated heterocycles. The second-order valence-corrected chi connectivity index (χ2v) is 4.09. The highest BCUT2D eigenvalue weighted by Gasteiger charge is 1.92. The van der Waals surface area contributed by atoms with Gasteiger partial charge in [0, 0.05) is 17.1 Å². The summed E-state index contributed by atoms with van der Waals surface area (Å²) in [6.07, 6.45) is 4.31. The second-order valence-electron chi connectivity index (χ2n) is 3.18. The van der Waals surface area contributed by atoms with Gasteiger partial charge in [-0.05, 0) is 30.2 Å². The molecular formula is C12H14BrNO. The molecule has 0 radical (unpaired) electrons. The summed E-state index contributed by atoms with van der Waals surface area (Å²) in [4.78, 5) is 11.2. The normalized spacial score (nSPS) is 10.5. The summed E-state index contributed by atoms with van der Waals surface area (Å²) in [5.41, 5.74) is 1.02. The van der Waals surface area contributed by atoms with E-state index >= 15 is 0 Å². The van der Waals surface area contributed by atoms with Gasteiger partial charge in [0.2, 0.25) is 5.91 Å². The van der Waals surface area contributed by atoms with Crippen LogP contribution in [0.4, 0.5) is 0 Å². The van der Waals surface area contributed by atoms with Gasteiger partial charge in [0.1, 0.15) is 0 Å². The maximum Gasteiger partial charge on any atom is 0.243 e. The highest BCUT2D eigenvalue weighted by molar-refractivity contribution is 9.10. The fourth-order valence-electron chi connectivity index (χ4n) is 1.05. The number of rotatable bonds is 4. The molecule has 3 heteroatoms. The molecule has 15 heavy (non-hydrogen) atoms. The molecule has 0 spiro atoms. The Kier molecular flexibility index (Phi) is 5.12. The van der Waals surface area contributed by atoms with Crippen molar-refractivity contribution >= 4 is 27.9 Å². The first kappa shape index (κ1) is 12.0. The fraction of sp³-hybridized carbons (Fsp3) is 0.250. The minimum atomic E-state index is -0.0419. The number of halogens is 1. The van der Waals surface area contributed by atoms with E-state index in [-0.39, 0.29) is 5.91 Å². The van der Waals surface area contributed by atoms with Crippen LogP contribution in [0.2, 0.25) is 0 Å². The van der Waals surface area contributed by atoms with Crippen LogP contribution in [0.15, 0.2) is 34.8 Å². The summed E-state index contributed by atoms with van der Waals surface area (Å²) < 4.78 is 1.04. The van der Waals surface area contributed by atoms with Crippen LogP contribution >= 0.6 is 15.9 Å². The summed E-state index contributed by atoms with van der Waals surface area (Å²) in [7, 11) is 0. The first-order valence-electron chi connectivity index (χ1n) is 4.94. The summed E-state index contributed by atoms with van der Waals surface area (Å²) in [5, 5.41) is 2.78. The number of nitrogens with one attached hydrogen (secondary N) is 1. The van der Waals surface area contributed by atoms with E-state index in [4.69, 9.17) is 0 Å². The topological polar surface area (TPSA) is 29.1 Å². The Morgan fingerprint density at radius 2 is 2.07 bits per heavy atom. The Balaban J connectivity index is 2.50. The van der Waals surface area contributed by atoms with Crippen molar-refractivity contribution in [3.63, 3.8) is 0 Å². The number of hydrogen-bond acceptors (Lipinski definition) is 1. The SMILES string of the molecule is CCCNC(=O)C=Cc1ccc(Br)cc1.